The van der Waals surface area contributed by atoms with Gasteiger partial charge in [-0.15, -0.1) is 0 Å². The van der Waals surface area contributed by atoms with E-state index in [0.717, 1.165) is 17.6 Å². The summed E-state index contributed by atoms with van der Waals surface area (Å²) in [7, 11) is 1.98. The molecule has 0 saturated heterocycles. The van der Waals surface area contributed by atoms with Crippen LogP contribution in [0.3, 0.4) is 0 Å². The molecule has 2 rings (SSSR count). The highest BCUT2D eigenvalue weighted by atomic mass is 79.9. The van der Waals surface area contributed by atoms with Crippen LogP contribution in [-0.2, 0) is 6.42 Å². The minimum absolute atomic E-state index is 0.999. The molecule has 1 heterocycles. The molecule has 0 unspecified atom stereocenters. The van der Waals surface area contributed by atoms with Crippen molar-refractivity contribution < 1.29 is 0 Å². The Labute approximate surface area is 98.2 Å². The number of likely N-dealkylation sites (N-methyl/N-ethyl adjacent to an activating group) is 1. The summed E-state index contributed by atoms with van der Waals surface area (Å²) in [6.07, 6.45) is 1.04. The van der Waals surface area contributed by atoms with Crippen LogP contribution in [0.1, 0.15) is 11.1 Å². The molecule has 1 aromatic heterocycles. The van der Waals surface area contributed by atoms with Crippen molar-refractivity contribution >= 4 is 26.8 Å². The summed E-state index contributed by atoms with van der Waals surface area (Å²) in [5, 5.41) is 4.51. The van der Waals surface area contributed by atoms with Crippen molar-refractivity contribution in [3.63, 3.8) is 0 Å². The molecule has 2 N–H and O–H groups in total. The van der Waals surface area contributed by atoms with Gasteiger partial charge >= 0.3 is 0 Å². The van der Waals surface area contributed by atoms with Gasteiger partial charge in [-0.05, 0) is 60.6 Å². The van der Waals surface area contributed by atoms with E-state index >= 15 is 0 Å². The number of aromatic amines is 1. The van der Waals surface area contributed by atoms with Crippen molar-refractivity contribution in [1.82, 2.24) is 10.3 Å². The predicted molar refractivity (Wildman–Crippen MR) is 68.4 cm³/mol. The average molecular weight is 267 g/mol. The van der Waals surface area contributed by atoms with Crippen molar-refractivity contribution in [1.29, 1.82) is 0 Å². The van der Waals surface area contributed by atoms with E-state index in [1.807, 2.05) is 7.05 Å². The quantitative estimate of drug-likeness (QED) is 0.879. The lowest BCUT2D eigenvalue weighted by atomic mass is 10.1. The molecule has 0 saturated carbocycles. The number of halogens is 1. The number of aryl methyl sites for hydroxylation is 1. The number of H-pyrrole nitrogens is 1. The molecule has 1 aromatic carbocycles. The van der Waals surface area contributed by atoms with Crippen LogP contribution in [-0.4, -0.2) is 18.6 Å². The molecule has 0 radical (unpaired) electrons. The van der Waals surface area contributed by atoms with Crippen LogP contribution < -0.4 is 5.32 Å². The maximum Gasteiger partial charge on any atom is 0.0863 e. The minimum Gasteiger partial charge on any atom is -0.349 e. The molecule has 0 fully saturated rings. The van der Waals surface area contributed by atoms with Gasteiger partial charge in [0.1, 0.15) is 0 Å². The first kappa shape index (κ1) is 10.7. The Balaban J connectivity index is 2.50. The van der Waals surface area contributed by atoms with Gasteiger partial charge in [-0.3, -0.25) is 0 Å². The van der Waals surface area contributed by atoms with Gasteiger partial charge in [-0.25, -0.2) is 0 Å². The molecule has 0 aliphatic carbocycles. The Kier molecular flexibility index (Phi) is 3.12. The van der Waals surface area contributed by atoms with E-state index in [1.165, 1.54) is 22.0 Å². The number of hydrogen-bond donors (Lipinski definition) is 2. The third kappa shape index (κ3) is 2.08. The van der Waals surface area contributed by atoms with Crippen molar-refractivity contribution in [2.45, 2.75) is 13.3 Å². The molecular weight excluding hydrogens is 252 g/mol. The molecule has 0 aliphatic heterocycles. The second kappa shape index (κ2) is 4.37. The van der Waals surface area contributed by atoms with E-state index in [9.17, 15) is 0 Å². The van der Waals surface area contributed by atoms with Crippen LogP contribution >= 0.6 is 15.9 Å². The SMILES string of the molecule is CNCCc1c(Br)[nH]c2ccc(C)cc12. The predicted octanol–water partition coefficient (Wildman–Crippen LogP) is 3.00. The zero-order valence-corrected chi connectivity index (χ0v) is 10.6. The van der Waals surface area contributed by atoms with Gasteiger partial charge < -0.3 is 10.3 Å². The van der Waals surface area contributed by atoms with Crippen LogP contribution in [0.2, 0.25) is 0 Å². The first-order valence-corrected chi connectivity index (χ1v) is 5.93. The van der Waals surface area contributed by atoms with Gasteiger partial charge in [0.05, 0.1) is 4.60 Å². The highest BCUT2D eigenvalue weighted by Gasteiger charge is 2.08. The molecule has 0 spiro atoms. The van der Waals surface area contributed by atoms with E-state index in [4.69, 9.17) is 0 Å². The number of aromatic nitrogens is 1. The van der Waals surface area contributed by atoms with Crippen LogP contribution in [0.25, 0.3) is 10.9 Å². The normalized spacial score (nSPS) is 11.1. The molecule has 2 nitrogen and oxygen atoms in total. The first-order chi connectivity index (χ1) is 7.22. The Bertz CT molecular complexity index is 474. The number of nitrogens with one attached hydrogen (secondary N) is 2. The highest BCUT2D eigenvalue weighted by Crippen LogP contribution is 2.27. The smallest absolute Gasteiger partial charge is 0.0863 e. The molecule has 3 heteroatoms. The zero-order chi connectivity index (χ0) is 10.8. The van der Waals surface area contributed by atoms with E-state index in [-0.39, 0.29) is 0 Å². The Hall–Kier alpha value is -0.800. The average Bonchev–Trinajstić information content (AvgIpc) is 2.51. The fourth-order valence-electron chi connectivity index (χ4n) is 1.82. The fourth-order valence-corrected chi connectivity index (χ4v) is 2.45. The third-order valence-corrected chi connectivity index (χ3v) is 3.31. The molecule has 0 amide bonds. The maximum atomic E-state index is 3.58. The zero-order valence-electron chi connectivity index (χ0n) is 9.02. The first-order valence-electron chi connectivity index (χ1n) is 5.13. The van der Waals surface area contributed by atoms with Gasteiger partial charge in [0.25, 0.3) is 0 Å². The number of rotatable bonds is 3. The largest absolute Gasteiger partial charge is 0.349 e. The minimum atomic E-state index is 0.999. The lowest BCUT2D eigenvalue weighted by Crippen LogP contribution is -2.10. The summed E-state index contributed by atoms with van der Waals surface area (Å²) in [6.45, 7) is 3.13. The lowest BCUT2D eigenvalue weighted by molar-refractivity contribution is 0.792. The van der Waals surface area contributed by atoms with Crippen LogP contribution in [0.4, 0.5) is 0 Å². The summed E-state index contributed by atoms with van der Waals surface area (Å²) in [5.41, 5.74) is 3.88. The van der Waals surface area contributed by atoms with E-state index in [2.05, 4.69) is 51.4 Å². The van der Waals surface area contributed by atoms with Gasteiger partial charge in [0.2, 0.25) is 0 Å². The molecular formula is C12H15BrN2. The molecule has 15 heavy (non-hydrogen) atoms. The van der Waals surface area contributed by atoms with Gasteiger partial charge in [-0.2, -0.15) is 0 Å². The van der Waals surface area contributed by atoms with E-state index in [1.54, 1.807) is 0 Å². The van der Waals surface area contributed by atoms with E-state index in [0.29, 0.717) is 0 Å². The third-order valence-electron chi connectivity index (χ3n) is 2.63. The highest BCUT2D eigenvalue weighted by molar-refractivity contribution is 9.10. The second-order valence-corrected chi connectivity index (χ2v) is 4.61. The molecule has 0 bridgehead atoms. The number of benzene rings is 1. The van der Waals surface area contributed by atoms with Crippen molar-refractivity contribution in [2.75, 3.05) is 13.6 Å². The Morgan fingerprint density at radius 2 is 2.20 bits per heavy atom. The molecule has 2 aromatic rings. The Morgan fingerprint density at radius 1 is 1.40 bits per heavy atom. The molecule has 0 atom stereocenters. The Morgan fingerprint density at radius 3 is 2.93 bits per heavy atom. The fraction of sp³-hybridized carbons (Fsp3) is 0.333. The van der Waals surface area contributed by atoms with Crippen LogP contribution in [0.15, 0.2) is 22.8 Å². The second-order valence-electron chi connectivity index (χ2n) is 3.82. The monoisotopic (exact) mass is 266 g/mol. The van der Waals surface area contributed by atoms with Gasteiger partial charge in [-0.1, -0.05) is 11.6 Å². The van der Waals surface area contributed by atoms with Crippen LogP contribution in [0.5, 0.6) is 0 Å². The summed E-state index contributed by atoms with van der Waals surface area (Å²) in [6, 6.07) is 6.51. The lowest BCUT2D eigenvalue weighted by Gasteiger charge is -2.00. The summed E-state index contributed by atoms with van der Waals surface area (Å²) >= 11 is 3.58. The molecule has 80 valence electrons. The topological polar surface area (TPSA) is 27.8 Å². The van der Waals surface area contributed by atoms with Crippen molar-refractivity contribution in [3.8, 4) is 0 Å². The van der Waals surface area contributed by atoms with Gasteiger partial charge in [0.15, 0.2) is 0 Å². The van der Waals surface area contributed by atoms with Gasteiger partial charge in [0, 0.05) is 10.9 Å². The van der Waals surface area contributed by atoms with E-state index < -0.39 is 0 Å². The van der Waals surface area contributed by atoms with Crippen LogP contribution in [0, 0.1) is 6.92 Å². The summed E-state index contributed by atoms with van der Waals surface area (Å²) in [5.74, 6) is 0. The summed E-state index contributed by atoms with van der Waals surface area (Å²) in [4.78, 5) is 3.35. The maximum absolute atomic E-state index is 3.58. The number of hydrogen-bond acceptors (Lipinski definition) is 1. The number of fused-ring (bicyclic) bond motifs is 1. The van der Waals surface area contributed by atoms with Crippen molar-refractivity contribution in [3.05, 3.63) is 33.9 Å². The standard InChI is InChI=1S/C12H15BrN2/c1-8-3-4-11-10(7-8)9(5-6-14-2)12(13)15-11/h3-4,7,14-15H,5-6H2,1-2H3. The van der Waals surface area contributed by atoms with Crippen molar-refractivity contribution in [2.24, 2.45) is 0 Å². The summed E-state index contributed by atoms with van der Waals surface area (Å²) < 4.78 is 1.11. The molecule has 0 aliphatic rings.